The van der Waals surface area contributed by atoms with Gasteiger partial charge in [0.1, 0.15) is 0 Å². The Labute approximate surface area is 130 Å². The molecule has 1 N–H and O–H groups in total. The summed E-state index contributed by atoms with van der Waals surface area (Å²) >= 11 is 12.1. The summed E-state index contributed by atoms with van der Waals surface area (Å²) in [6.07, 6.45) is -4.33. The van der Waals surface area contributed by atoms with Crippen LogP contribution in [-0.2, 0) is 6.18 Å². The number of alkyl halides is 3. The average molecular weight is 334 g/mol. The Morgan fingerprint density at radius 1 is 1.00 bits per heavy atom. The lowest BCUT2D eigenvalue weighted by molar-refractivity contribution is -0.137. The summed E-state index contributed by atoms with van der Waals surface area (Å²) in [6, 6.07) is 9.93. The summed E-state index contributed by atoms with van der Waals surface area (Å²) in [7, 11) is 0. The molecular formula is C15H12Cl2F3N. The van der Waals surface area contributed by atoms with Gasteiger partial charge in [-0.2, -0.15) is 13.2 Å². The van der Waals surface area contributed by atoms with Gasteiger partial charge in [0.2, 0.25) is 0 Å². The Kier molecular flexibility index (Phi) is 4.69. The van der Waals surface area contributed by atoms with Crippen LogP contribution in [0.2, 0.25) is 10.0 Å². The second-order valence-electron chi connectivity index (χ2n) is 4.58. The minimum atomic E-state index is -4.33. The molecule has 0 amide bonds. The Morgan fingerprint density at radius 2 is 1.62 bits per heavy atom. The van der Waals surface area contributed by atoms with Crippen LogP contribution < -0.4 is 5.32 Å². The number of benzene rings is 2. The van der Waals surface area contributed by atoms with Gasteiger partial charge in [-0.05, 0) is 42.8 Å². The predicted molar refractivity (Wildman–Crippen MR) is 79.9 cm³/mol. The van der Waals surface area contributed by atoms with Crippen molar-refractivity contribution >= 4 is 28.9 Å². The third-order valence-electron chi connectivity index (χ3n) is 3.04. The predicted octanol–water partition coefficient (Wildman–Crippen LogP) is 6.19. The zero-order chi connectivity index (χ0) is 15.6. The average Bonchev–Trinajstić information content (AvgIpc) is 2.41. The van der Waals surface area contributed by atoms with Gasteiger partial charge in [-0.1, -0.05) is 35.3 Å². The monoisotopic (exact) mass is 333 g/mol. The van der Waals surface area contributed by atoms with Gasteiger partial charge < -0.3 is 5.32 Å². The smallest absolute Gasteiger partial charge is 0.378 e. The van der Waals surface area contributed by atoms with E-state index < -0.39 is 11.7 Å². The lowest BCUT2D eigenvalue weighted by Gasteiger charge is -2.18. The van der Waals surface area contributed by atoms with Crippen LogP contribution in [0, 0.1) is 0 Å². The number of halogens is 5. The Hall–Kier alpha value is -1.39. The molecule has 0 aromatic heterocycles. The molecule has 0 fully saturated rings. The fourth-order valence-electron chi connectivity index (χ4n) is 1.94. The van der Waals surface area contributed by atoms with E-state index in [2.05, 4.69) is 5.32 Å². The Morgan fingerprint density at radius 3 is 2.19 bits per heavy atom. The topological polar surface area (TPSA) is 12.0 Å². The van der Waals surface area contributed by atoms with Gasteiger partial charge in [-0.25, -0.2) is 0 Å². The van der Waals surface area contributed by atoms with E-state index in [1.807, 2.05) is 13.0 Å². The van der Waals surface area contributed by atoms with E-state index in [9.17, 15) is 13.2 Å². The molecule has 0 radical (unpaired) electrons. The highest BCUT2D eigenvalue weighted by atomic mass is 35.5. The SMILES string of the molecule is CC(Nc1ccc(C(F)(F)F)cc1)c1cccc(Cl)c1Cl. The molecule has 0 saturated carbocycles. The molecule has 112 valence electrons. The van der Waals surface area contributed by atoms with Crippen LogP contribution in [-0.4, -0.2) is 0 Å². The summed E-state index contributed by atoms with van der Waals surface area (Å²) in [5.41, 5.74) is 0.678. The van der Waals surface area contributed by atoms with Crippen LogP contribution in [0.5, 0.6) is 0 Å². The van der Waals surface area contributed by atoms with E-state index in [1.54, 1.807) is 12.1 Å². The van der Waals surface area contributed by atoms with Crippen LogP contribution >= 0.6 is 23.2 Å². The maximum absolute atomic E-state index is 12.5. The first kappa shape index (κ1) is 16.0. The number of hydrogen-bond acceptors (Lipinski definition) is 1. The van der Waals surface area contributed by atoms with Crippen molar-refractivity contribution < 1.29 is 13.2 Å². The minimum Gasteiger partial charge on any atom is -0.378 e. The molecule has 1 atom stereocenters. The fraction of sp³-hybridized carbons (Fsp3) is 0.200. The van der Waals surface area contributed by atoms with Crippen molar-refractivity contribution in [3.63, 3.8) is 0 Å². The van der Waals surface area contributed by atoms with Gasteiger partial charge in [0, 0.05) is 5.69 Å². The second kappa shape index (κ2) is 6.16. The lowest BCUT2D eigenvalue weighted by Crippen LogP contribution is -2.08. The van der Waals surface area contributed by atoms with Crippen molar-refractivity contribution in [3.8, 4) is 0 Å². The van der Waals surface area contributed by atoms with Gasteiger partial charge >= 0.3 is 6.18 Å². The Balaban J connectivity index is 2.16. The number of anilines is 1. The molecule has 2 aromatic rings. The van der Waals surface area contributed by atoms with E-state index in [4.69, 9.17) is 23.2 Å². The molecule has 0 aliphatic carbocycles. The first-order valence-corrected chi connectivity index (χ1v) is 6.92. The highest BCUT2D eigenvalue weighted by molar-refractivity contribution is 6.42. The molecule has 0 aliphatic heterocycles. The fourth-order valence-corrected chi connectivity index (χ4v) is 2.41. The maximum atomic E-state index is 12.5. The summed E-state index contributed by atoms with van der Waals surface area (Å²) in [4.78, 5) is 0. The van der Waals surface area contributed by atoms with E-state index in [-0.39, 0.29) is 6.04 Å². The molecule has 0 saturated heterocycles. The lowest BCUT2D eigenvalue weighted by atomic mass is 10.1. The van der Waals surface area contributed by atoms with Crippen molar-refractivity contribution in [2.75, 3.05) is 5.32 Å². The number of hydrogen-bond donors (Lipinski definition) is 1. The highest BCUT2D eigenvalue weighted by Gasteiger charge is 2.29. The first-order valence-electron chi connectivity index (χ1n) is 6.16. The summed E-state index contributed by atoms with van der Waals surface area (Å²) in [6.45, 7) is 1.86. The van der Waals surface area contributed by atoms with Crippen LogP contribution in [0.1, 0.15) is 24.1 Å². The largest absolute Gasteiger partial charge is 0.416 e. The Bertz CT molecular complexity index is 624. The first-order chi connectivity index (χ1) is 9.79. The molecule has 0 spiro atoms. The van der Waals surface area contributed by atoms with Crippen molar-refractivity contribution in [1.29, 1.82) is 0 Å². The molecule has 21 heavy (non-hydrogen) atoms. The molecular weight excluding hydrogens is 322 g/mol. The van der Waals surface area contributed by atoms with E-state index in [1.165, 1.54) is 12.1 Å². The quantitative estimate of drug-likeness (QED) is 0.706. The van der Waals surface area contributed by atoms with Gasteiger partial charge in [0.15, 0.2) is 0 Å². The number of rotatable bonds is 3. The minimum absolute atomic E-state index is 0.187. The van der Waals surface area contributed by atoms with Gasteiger partial charge in [-0.15, -0.1) is 0 Å². The molecule has 2 rings (SSSR count). The summed E-state index contributed by atoms with van der Waals surface area (Å²) in [5, 5.41) is 3.97. The van der Waals surface area contributed by atoms with Crippen molar-refractivity contribution in [3.05, 3.63) is 63.6 Å². The normalized spacial score (nSPS) is 13.0. The molecule has 2 aromatic carbocycles. The third-order valence-corrected chi connectivity index (χ3v) is 3.88. The van der Waals surface area contributed by atoms with Crippen LogP contribution in [0.25, 0.3) is 0 Å². The van der Waals surface area contributed by atoms with E-state index in [0.717, 1.165) is 17.7 Å². The molecule has 0 heterocycles. The number of nitrogens with one attached hydrogen (secondary N) is 1. The zero-order valence-electron chi connectivity index (χ0n) is 11.0. The molecule has 1 unspecified atom stereocenters. The van der Waals surface area contributed by atoms with E-state index in [0.29, 0.717) is 15.7 Å². The van der Waals surface area contributed by atoms with Gasteiger partial charge in [0.25, 0.3) is 0 Å². The van der Waals surface area contributed by atoms with Crippen LogP contribution in [0.3, 0.4) is 0 Å². The standard InChI is InChI=1S/C15H12Cl2F3N/c1-9(12-3-2-4-13(16)14(12)17)21-11-7-5-10(6-8-11)15(18,19)20/h2-9,21H,1H3. The van der Waals surface area contributed by atoms with Gasteiger partial charge in [0.05, 0.1) is 21.7 Å². The zero-order valence-corrected chi connectivity index (χ0v) is 12.5. The van der Waals surface area contributed by atoms with Gasteiger partial charge in [-0.3, -0.25) is 0 Å². The van der Waals surface area contributed by atoms with Crippen molar-refractivity contribution in [2.45, 2.75) is 19.1 Å². The molecule has 1 nitrogen and oxygen atoms in total. The van der Waals surface area contributed by atoms with Crippen LogP contribution in [0.4, 0.5) is 18.9 Å². The molecule has 0 bridgehead atoms. The highest BCUT2D eigenvalue weighted by Crippen LogP contribution is 2.33. The second-order valence-corrected chi connectivity index (χ2v) is 5.37. The van der Waals surface area contributed by atoms with Crippen molar-refractivity contribution in [1.82, 2.24) is 0 Å². The van der Waals surface area contributed by atoms with Crippen molar-refractivity contribution in [2.24, 2.45) is 0 Å². The maximum Gasteiger partial charge on any atom is 0.416 e. The third kappa shape index (κ3) is 3.83. The molecule has 0 aliphatic rings. The summed E-state index contributed by atoms with van der Waals surface area (Å²) < 4.78 is 37.5. The van der Waals surface area contributed by atoms with E-state index >= 15 is 0 Å². The molecule has 6 heteroatoms. The van der Waals surface area contributed by atoms with Crippen LogP contribution in [0.15, 0.2) is 42.5 Å². The summed E-state index contributed by atoms with van der Waals surface area (Å²) in [5.74, 6) is 0.